The Balaban J connectivity index is 1.71. The standard InChI is InChI=1S/C21H19N3O4/c1-27-16-11-9-14(10-12-16)22-20(25)18-7-4-8-19(24-18)21(26)23-15-5-3-6-17(13-15)28-2/h3-13H,1-2H3,(H,22,25)(H,23,26). The Kier molecular flexibility index (Phi) is 5.86. The summed E-state index contributed by atoms with van der Waals surface area (Å²) in [6, 6.07) is 18.6. The van der Waals surface area contributed by atoms with Gasteiger partial charge in [-0.3, -0.25) is 9.59 Å². The number of ether oxygens (including phenoxy) is 2. The van der Waals surface area contributed by atoms with Crippen LogP contribution >= 0.6 is 0 Å². The summed E-state index contributed by atoms with van der Waals surface area (Å²) in [6.45, 7) is 0. The third kappa shape index (κ3) is 4.64. The van der Waals surface area contributed by atoms with Crippen LogP contribution in [0.1, 0.15) is 21.0 Å². The first kappa shape index (κ1) is 18.9. The van der Waals surface area contributed by atoms with E-state index in [0.29, 0.717) is 22.9 Å². The molecule has 2 aromatic carbocycles. The lowest BCUT2D eigenvalue weighted by Crippen LogP contribution is -2.18. The molecule has 0 fully saturated rings. The number of aromatic nitrogens is 1. The Labute approximate surface area is 162 Å². The summed E-state index contributed by atoms with van der Waals surface area (Å²) in [7, 11) is 3.12. The highest BCUT2D eigenvalue weighted by atomic mass is 16.5. The Morgan fingerprint density at radius 2 is 1.29 bits per heavy atom. The van der Waals surface area contributed by atoms with E-state index in [-0.39, 0.29) is 11.4 Å². The zero-order valence-corrected chi connectivity index (χ0v) is 15.4. The summed E-state index contributed by atoms with van der Waals surface area (Å²) in [5.41, 5.74) is 1.43. The molecule has 0 unspecified atom stereocenters. The molecule has 7 nitrogen and oxygen atoms in total. The maximum Gasteiger partial charge on any atom is 0.274 e. The fourth-order valence-electron chi connectivity index (χ4n) is 2.45. The summed E-state index contributed by atoms with van der Waals surface area (Å²) >= 11 is 0. The molecule has 1 heterocycles. The molecule has 0 aliphatic carbocycles. The van der Waals surface area contributed by atoms with Crippen LogP contribution in [-0.4, -0.2) is 31.0 Å². The lowest BCUT2D eigenvalue weighted by Gasteiger charge is -2.08. The number of nitrogens with zero attached hydrogens (tertiary/aromatic N) is 1. The van der Waals surface area contributed by atoms with Gasteiger partial charge in [-0.25, -0.2) is 4.98 Å². The van der Waals surface area contributed by atoms with E-state index in [0.717, 1.165) is 0 Å². The number of anilines is 2. The van der Waals surface area contributed by atoms with Gasteiger partial charge in [-0.05, 0) is 48.5 Å². The Morgan fingerprint density at radius 3 is 1.89 bits per heavy atom. The second-order valence-corrected chi connectivity index (χ2v) is 5.78. The van der Waals surface area contributed by atoms with Crippen LogP contribution in [-0.2, 0) is 0 Å². The SMILES string of the molecule is COc1ccc(NC(=O)c2cccc(C(=O)Nc3cccc(OC)c3)n2)cc1. The minimum atomic E-state index is -0.424. The van der Waals surface area contributed by atoms with E-state index in [2.05, 4.69) is 15.6 Å². The van der Waals surface area contributed by atoms with Crippen molar-refractivity contribution in [3.63, 3.8) is 0 Å². The van der Waals surface area contributed by atoms with E-state index in [1.807, 2.05) is 0 Å². The molecule has 0 saturated heterocycles. The number of carbonyl (C=O) groups is 2. The second kappa shape index (κ2) is 8.68. The molecule has 1 aromatic heterocycles. The molecule has 2 amide bonds. The van der Waals surface area contributed by atoms with Gasteiger partial charge in [0.15, 0.2) is 0 Å². The number of carbonyl (C=O) groups excluding carboxylic acids is 2. The van der Waals surface area contributed by atoms with Gasteiger partial charge in [0.1, 0.15) is 22.9 Å². The van der Waals surface area contributed by atoms with Gasteiger partial charge in [0.2, 0.25) is 0 Å². The van der Waals surface area contributed by atoms with Crippen molar-refractivity contribution in [2.45, 2.75) is 0 Å². The predicted octanol–water partition coefficient (Wildman–Crippen LogP) is 3.60. The zero-order valence-electron chi connectivity index (χ0n) is 15.4. The molecule has 0 radical (unpaired) electrons. The van der Waals surface area contributed by atoms with Crippen LogP contribution in [0, 0.1) is 0 Å². The van der Waals surface area contributed by atoms with E-state index in [1.165, 1.54) is 0 Å². The highest BCUT2D eigenvalue weighted by Crippen LogP contribution is 2.18. The van der Waals surface area contributed by atoms with Gasteiger partial charge < -0.3 is 20.1 Å². The number of benzene rings is 2. The van der Waals surface area contributed by atoms with Crippen molar-refractivity contribution in [1.29, 1.82) is 0 Å². The van der Waals surface area contributed by atoms with Gasteiger partial charge in [0.05, 0.1) is 14.2 Å². The minimum absolute atomic E-state index is 0.130. The topological polar surface area (TPSA) is 89.5 Å². The normalized spacial score (nSPS) is 10.1. The molecule has 0 atom stereocenters. The highest BCUT2D eigenvalue weighted by molar-refractivity contribution is 6.06. The average Bonchev–Trinajstić information content (AvgIpc) is 2.74. The van der Waals surface area contributed by atoms with Crippen molar-refractivity contribution in [3.8, 4) is 11.5 Å². The van der Waals surface area contributed by atoms with Crippen LogP contribution in [0.15, 0.2) is 66.7 Å². The number of methoxy groups -OCH3 is 2. The summed E-state index contributed by atoms with van der Waals surface area (Å²) in [5, 5.41) is 5.47. The van der Waals surface area contributed by atoms with Crippen LogP contribution in [0.2, 0.25) is 0 Å². The third-order valence-electron chi connectivity index (χ3n) is 3.89. The third-order valence-corrected chi connectivity index (χ3v) is 3.89. The molecule has 0 spiro atoms. The monoisotopic (exact) mass is 377 g/mol. The van der Waals surface area contributed by atoms with E-state index >= 15 is 0 Å². The van der Waals surface area contributed by atoms with Gasteiger partial charge in [0.25, 0.3) is 11.8 Å². The fourth-order valence-corrected chi connectivity index (χ4v) is 2.45. The molecular weight excluding hydrogens is 358 g/mol. The van der Waals surface area contributed by atoms with Crippen LogP contribution < -0.4 is 20.1 Å². The molecule has 2 N–H and O–H groups in total. The van der Waals surface area contributed by atoms with Crippen LogP contribution in [0.3, 0.4) is 0 Å². The van der Waals surface area contributed by atoms with Gasteiger partial charge in [-0.15, -0.1) is 0 Å². The van der Waals surface area contributed by atoms with Gasteiger partial charge in [-0.2, -0.15) is 0 Å². The van der Waals surface area contributed by atoms with Gasteiger partial charge in [-0.1, -0.05) is 12.1 Å². The maximum atomic E-state index is 12.5. The quantitative estimate of drug-likeness (QED) is 0.685. The van der Waals surface area contributed by atoms with Crippen LogP contribution in [0.5, 0.6) is 11.5 Å². The van der Waals surface area contributed by atoms with Crippen molar-refractivity contribution in [2.75, 3.05) is 24.9 Å². The van der Waals surface area contributed by atoms with Gasteiger partial charge >= 0.3 is 0 Å². The van der Waals surface area contributed by atoms with Crippen molar-refractivity contribution < 1.29 is 19.1 Å². The summed E-state index contributed by atoms with van der Waals surface area (Å²) < 4.78 is 10.2. The van der Waals surface area contributed by atoms with E-state index in [9.17, 15) is 9.59 Å². The lowest BCUT2D eigenvalue weighted by molar-refractivity contribution is 0.101. The van der Waals surface area contributed by atoms with E-state index in [1.54, 1.807) is 80.9 Å². The minimum Gasteiger partial charge on any atom is -0.497 e. The zero-order chi connectivity index (χ0) is 19.9. The Hall–Kier alpha value is -3.87. The number of pyridine rings is 1. The number of hydrogen-bond donors (Lipinski definition) is 2. The van der Waals surface area contributed by atoms with Gasteiger partial charge in [0, 0.05) is 17.4 Å². The first-order chi connectivity index (χ1) is 13.6. The Morgan fingerprint density at radius 1 is 0.714 bits per heavy atom. The smallest absolute Gasteiger partial charge is 0.274 e. The average molecular weight is 377 g/mol. The maximum absolute atomic E-state index is 12.5. The largest absolute Gasteiger partial charge is 0.497 e. The summed E-state index contributed by atoms with van der Waals surface area (Å²) in [4.78, 5) is 29.1. The molecular formula is C21H19N3O4. The van der Waals surface area contributed by atoms with E-state index < -0.39 is 11.8 Å². The molecule has 0 aliphatic rings. The van der Waals surface area contributed by atoms with E-state index in [4.69, 9.17) is 9.47 Å². The fraction of sp³-hybridized carbons (Fsp3) is 0.0952. The first-order valence-corrected chi connectivity index (χ1v) is 8.47. The number of amides is 2. The molecule has 28 heavy (non-hydrogen) atoms. The number of nitrogens with one attached hydrogen (secondary N) is 2. The lowest BCUT2D eigenvalue weighted by atomic mass is 10.2. The Bertz CT molecular complexity index is 987. The highest BCUT2D eigenvalue weighted by Gasteiger charge is 2.13. The van der Waals surface area contributed by atoms with Crippen molar-refractivity contribution in [3.05, 3.63) is 78.1 Å². The van der Waals surface area contributed by atoms with Crippen LogP contribution in [0.25, 0.3) is 0 Å². The molecule has 0 aliphatic heterocycles. The van der Waals surface area contributed by atoms with Crippen molar-refractivity contribution in [2.24, 2.45) is 0 Å². The van der Waals surface area contributed by atoms with Crippen molar-refractivity contribution >= 4 is 23.2 Å². The predicted molar refractivity (Wildman–Crippen MR) is 106 cm³/mol. The number of rotatable bonds is 6. The molecule has 3 aromatic rings. The van der Waals surface area contributed by atoms with Crippen molar-refractivity contribution in [1.82, 2.24) is 4.98 Å². The second-order valence-electron chi connectivity index (χ2n) is 5.78. The molecule has 7 heteroatoms. The molecule has 0 saturated carbocycles. The molecule has 0 bridgehead atoms. The number of hydrogen-bond acceptors (Lipinski definition) is 5. The first-order valence-electron chi connectivity index (χ1n) is 8.47. The summed E-state index contributed by atoms with van der Waals surface area (Å²) in [5.74, 6) is 0.472. The molecule has 3 rings (SSSR count). The van der Waals surface area contributed by atoms with Crippen LogP contribution in [0.4, 0.5) is 11.4 Å². The summed E-state index contributed by atoms with van der Waals surface area (Å²) in [6.07, 6.45) is 0. The molecule has 142 valence electrons.